The van der Waals surface area contributed by atoms with Crippen molar-refractivity contribution in [3.63, 3.8) is 0 Å². The third-order valence-electron chi connectivity index (χ3n) is 3.57. The van der Waals surface area contributed by atoms with Crippen molar-refractivity contribution < 1.29 is 4.79 Å². The lowest BCUT2D eigenvalue weighted by Crippen LogP contribution is -2.30. The van der Waals surface area contributed by atoms with Gasteiger partial charge in [-0.2, -0.15) is 0 Å². The lowest BCUT2D eigenvalue weighted by molar-refractivity contribution is -0.122. The van der Waals surface area contributed by atoms with Gasteiger partial charge in [0.2, 0.25) is 5.91 Å². The first-order valence-corrected chi connectivity index (χ1v) is 7.48. The molecule has 0 saturated heterocycles. The molecular weight excluding hydrogens is 248 g/mol. The molecule has 1 aromatic rings. The fourth-order valence-electron chi connectivity index (χ4n) is 2.43. The standard InChI is InChI=1S/C17H28N2O/c1-12(2)9-15(11-18)10-17(20)19-14(4)16-7-5-13(3)6-8-16/h5-8,12,14-15H,9-11,18H2,1-4H3,(H,19,20)/t14-,15+/m1/s1. The van der Waals surface area contributed by atoms with Gasteiger partial charge in [-0.15, -0.1) is 0 Å². The average Bonchev–Trinajstić information content (AvgIpc) is 2.37. The van der Waals surface area contributed by atoms with Crippen molar-refractivity contribution in [2.75, 3.05) is 6.54 Å². The Bertz CT molecular complexity index is 412. The SMILES string of the molecule is Cc1ccc([C@@H](C)NC(=O)C[C@@H](CN)CC(C)C)cc1. The summed E-state index contributed by atoms with van der Waals surface area (Å²) in [6, 6.07) is 8.31. The van der Waals surface area contributed by atoms with Crippen LogP contribution in [0.1, 0.15) is 50.8 Å². The van der Waals surface area contributed by atoms with Gasteiger partial charge < -0.3 is 11.1 Å². The van der Waals surface area contributed by atoms with Crippen LogP contribution in [-0.4, -0.2) is 12.5 Å². The first-order valence-electron chi connectivity index (χ1n) is 7.48. The molecule has 1 rings (SSSR count). The Labute approximate surface area is 122 Å². The fraction of sp³-hybridized carbons (Fsp3) is 0.588. The number of rotatable bonds is 7. The van der Waals surface area contributed by atoms with E-state index in [1.165, 1.54) is 5.56 Å². The largest absolute Gasteiger partial charge is 0.350 e. The van der Waals surface area contributed by atoms with E-state index in [1.807, 2.05) is 6.92 Å². The van der Waals surface area contributed by atoms with Crippen LogP contribution in [-0.2, 0) is 4.79 Å². The number of nitrogens with one attached hydrogen (secondary N) is 1. The van der Waals surface area contributed by atoms with Crippen LogP contribution >= 0.6 is 0 Å². The third kappa shape index (κ3) is 5.74. The second kappa shape index (κ2) is 8.05. The van der Waals surface area contributed by atoms with Crippen molar-refractivity contribution in [2.45, 2.75) is 46.6 Å². The minimum Gasteiger partial charge on any atom is -0.350 e. The van der Waals surface area contributed by atoms with Crippen LogP contribution in [0.4, 0.5) is 0 Å². The summed E-state index contributed by atoms with van der Waals surface area (Å²) >= 11 is 0. The first kappa shape index (κ1) is 16.7. The predicted octanol–water partition coefficient (Wildman–Crippen LogP) is 3.18. The summed E-state index contributed by atoms with van der Waals surface area (Å²) in [6.45, 7) is 8.97. The molecular formula is C17H28N2O. The minimum absolute atomic E-state index is 0.0422. The van der Waals surface area contributed by atoms with Crippen LogP contribution in [0.3, 0.4) is 0 Å². The highest BCUT2D eigenvalue weighted by Gasteiger charge is 2.16. The van der Waals surface area contributed by atoms with Gasteiger partial charge in [-0.1, -0.05) is 43.7 Å². The number of aryl methyl sites for hydroxylation is 1. The number of nitrogens with two attached hydrogens (primary N) is 1. The molecule has 1 aromatic carbocycles. The lowest BCUT2D eigenvalue weighted by atomic mass is 9.94. The van der Waals surface area contributed by atoms with E-state index in [0.29, 0.717) is 18.9 Å². The van der Waals surface area contributed by atoms with Gasteiger partial charge in [-0.3, -0.25) is 4.79 Å². The molecule has 3 N–H and O–H groups in total. The van der Waals surface area contributed by atoms with Gasteiger partial charge in [0, 0.05) is 6.42 Å². The Kier molecular flexibility index (Phi) is 6.73. The van der Waals surface area contributed by atoms with E-state index in [2.05, 4.69) is 50.4 Å². The molecule has 0 radical (unpaired) electrons. The zero-order chi connectivity index (χ0) is 15.1. The maximum Gasteiger partial charge on any atom is 0.220 e. The van der Waals surface area contributed by atoms with E-state index in [1.54, 1.807) is 0 Å². The van der Waals surface area contributed by atoms with Crippen LogP contribution in [0.2, 0.25) is 0 Å². The smallest absolute Gasteiger partial charge is 0.220 e. The molecule has 20 heavy (non-hydrogen) atoms. The van der Waals surface area contributed by atoms with Crippen molar-refractivity contribution in [3.8, 4) is 0 Å². The number of carbonyl (C=O) groups is 1. The predicted molar refractivity (Wildman–Crippen MR) is 84.4 cm³/mol. The van der Waals surface area contributed by atoms with Gasteiger partial charge in [-0.05, 0) is 44.2 Å². The van der Waals surface area contributed by atoms with E-state index in [9.17, 15) is 4.79 Å². The monoisotopic (exact) mass is 276 g/mol. The second-order valence-electron chi connectivity index (χ2n) is 6.14. The van der Waals surface area contributed by atoms with Gasteiger partial charge in [0.25, 0.3) is 0 Å². The molecule has 0 spiro atoms. The summed E-state index contributed by atoms with van der Waals surface area (Å²) in [5.74, 6) is 0.945. The van der Waals surface area contributed by atoms with Crippen LogP contribution < -0.4 is 11.1 Å². The van der Waals surface area contributed by atoms with Crippen LogP contribution in [0.15, 0.2) is 24.3 Å². The number of carbonyl (C=O) groups excluding carboxylic acids is 1. The number of hydrogen-bond acceptors (Lipinski definition) is 2. The molecule has 0 heterocycles. The van der Waals surface area contributed by atoms with Crippen molar-refractivity contribution >= 4 is 5.91 Å². The first-order chi connectivity index (χ1) is 9.42. The van der Waals surface area contributed by atoms with E-state index in [-0.39, 0.29) is 17.9 Å². The third-order valence-corrected chi connectivity index (χ3v) is 3.57. The highest BCUT2D eigenvalue weighted by molar-refractivity contribution is 5.76. The molecule has 0 saturated carbocycles. The van der Waals surface area contributed by atoms with E-state index >= 15 is 0 Å². The molecule has 0 fully saturated rings. The summed E-state index contributed by atoms with van der Waals surface area (Å²) in [5, 5.41) is 3.06. The lowest BCUT2D eigenvalue weighted by Gasteiger charge is -2.19. The Hall–Kier alpha value is -1.35. The van der Waals surface area contributed by atoms with Gasteiger partial charge in [0.05, 0.1) is 6.04 Å². The maximum absolute atomic E-state index is 12.1. The summed E-state index contributed by atoms with van der Waals surface area (Å²) in [5.41, 5.74) is 8.11. The van der Waals surface area contributed by atoms with Crippen molar-refractivity contribution in [1.29, 1.82) is 0 Å². The van der Waals surface area contributed by atoms with E-state index < -0.39 is 0 Å². The number of amides is 1. The van der Waals surface area contributed by atoms with Crippen molar-refractivity contribution in [2.24, 2.45) is 17.6 Å². The highest BCUT2D eigenvalue weighted by atomic mass is 16.1. The molecule has 1 amide bonds. The number of hydrogen-bond donors (Lipinski definition) is 2. The van der Waals surface area contributed by atoms with Crippen molar-refractivity contribution in [1.82, 2.24) is 5.32 Å². The normalized spacial score (nSPS) is 14.1. The van der Waals surface area contributed by atoms with E-state index in [0.717, 1.165) is 12.0 Å². The quantitative estimate of drug-likeness (QED) is 0.803. The molecule has 0 aliphatic rings. The topological polar surface area (TPSA) is 55.1 Å². The highest BCUT2D eigenvalue weighted by Crippen LogP contribution is 2.16. The summed E-state index contributed by atoms with van der Waals surface area (Å²) in [6.07, 6.45) is 1.52. The fourth-order valence-corrected chi connectivity index (χ4v) is 2.43. The van der Waals surface area contributed by atoms with Gasteiger partial charge in [0.1, 0.15) is 0 Å². The molecule has 0 aromatic heterocycles. The van der Waals surface area contributed by atoms with Crippen LogP contribution in [0, 0.1) is 18.8 Å². The number of benzene rings is 1. The molecule has 0 bridgehead atoms. The Morgan fingerprint density at radius 3 is 2.30 bits per heavy atom. The zero-order valence-corrected chi connectivity index (χ0v) is 13.1. The Morgan fingerprint density at radius 1 is 1.20 bits per heavy atom. The molecule has 2 atom stereocenters. The minimum atomic E-state index is 0.0422. The Morgan fingerprint density at radius 2 is 1.80 bits per heavy atom. The Balaban J connectivity index is 2.50. The summed E-state index contributed by atoms with van der Waals surface area (Å²) < 4.78 is 0. The molecule has 3 nitrogen and oxygen atoms in total. The molecule has 0 unspecified atom stereocenters. The van der Waals surface area contributed by atoms with Crippen LogP contribution in [0.5, 0.6) is 0 Å². The molecule has 0 aliphatic heterocycles. The second-order valence-corrected chi connectivity index (χ2v) is 6.14. The zero-order valence-electron chi connectivity index (χ0n) is 13.1. The molecule has 112 valence electrons. The van der Waals surface area contributed by atoms with Crippen LogP contribution in [0.25, 0.3) is 0 Å². The average molecular weight is 276 g/mol. The maximum atomic E-state index is 12.1. The van der Waals surface area contributed by atoms with Gasteiger partial charge >= 0.3 is 0 Å². The summed E-state index contributed by atoms with van der Waals surface area (Å²) in [7, 11) is 0. The molecule has 3 heteroatoms. The van der Waals surface area contributed by atoms with Crippen molar-refractivity contribution in [3.05, 3.63) is 35.4 Å². The van der Waals surface area contributed by atoms with Gasteiger partial charge in [0.15, 0.2) is 0 Å². The van der Waals surface area contributed by atoms with Gasteiger partial charge in [-0.25, -0.2) is 0 Å². The van der Waals surface area contributed by atoms with E-state index in [4.69, 9.17) is 5.73 Å². The molecule has 0 aliphatic carbocycles. The summed E-state index contributed by atoms with van der Waals surface area (Å²) in [4.78, 5) is 12.1.